The second-order valence-corrected chi connectivity index (χ2v) is 10.3. The van der Waals surface area contributed by atoms with E-state index in [0.29, 0.717) is 10.6 Å². The molecule has 0 saturated carbocycles. The van der Waals surface area contributed by atoms with Gasteiger partial charge in [-0.15, -0.1) is 0 Å². The number of benzene rings is 3. The number of nitriles is 2. The van der Waals surface area contributed by atoms with Crippen LogP contribution in [-0.4, -0.2) is 6.04 Å². The second-order valence-electron chi connectivity index (χ2n) is 8.95. The zero-order chi connectivity index (χ0) is 24.0. The fraction of sp³-hybridized carbons (Fsp3) is 0.286. The maximum Gasteiger partial charge on any atom is 0.0991 e. The van der Waals surface area contributed by atoms with Crippen molar-refractivity contribution >= 4 is 27.5 Å². The van der Waals surface area contributed by atoms with Gasteiger partial charge in [-0.2, -0.15) is 10.5 Å². The first-order chi connectivity index (χ1) is 15.7. The summed E-state index contributed by atoms with van der Waals surface area (Å²) in [7, 11) is 0. The molecular formula is C28H27BrClN3. The molecular weight excluding hydrogens is 494 g/mol. The maximum atomic E-state index is 9.93. The van der Waals surface area contributed by atoms with Crippen LogP contribution in [0.4, 0.5) is 0 Å². The quantitative estimate of drug-likeness (QED) is 0.333. The van der Waals surface area contributed by atoms with Gasteiger partial charge in [0.1, 0.15) is 0 Å². The summed E-state index contributed by atoms with van der Waals surface area (Å²) in [6, 6.07) is 28.4. The Bertz CT molecular complexity index is 1160. The number of hydrogen-bond acceptors (Lipinski definition) is 3. The summed E-state index contributed by atoms with van der Waals surface area (Å²) in [4.78, 5) is 0. The Hall–Kier alpha value is -2.63. The molecule has 168 valence electrons. The molecule has 0 amide bonds. The molecule has 3 atom stereocenters. The minimum absolute atomic E-state index is 0.0240. The Labute approximate surface area is 210 Å². The molecule has 0 aliphatic rings. The number of hydrogen-bond donors (Lipinski definition) is 1. The minimum atomic E-state index is -0.624. The van der Waals surface area contributed by atoms with E-state index in [2.05, 4.69) is 58.5 Å². The first kappa shape index (κ1) is 25.0. The van der Waals surface area contributed by atoms with Crippen LogP contribution in [0.1, 0.15) is 55.0 Å². The van der Waals surface area contributed by atoms with E-state index in [1.165, 1.54) is 5.56 Å². The topological polar surface area (TPSA) is 59.6 Å². The van der Waals surface area contributed by atoms with Gasteiger partial charge in [0.15, 0.2) is 0 Å². The van der Waals surface area contributed by atoms with E-state index in [4.69, 9.17) is 11.6 Å². The third-order valence-corrected chi connectivity index (χ3v) is 6.84. The highest BCUT2D eigenvalue weighted by molar-refractivity contribution is 9.10. The summed E-state index contributed by atoms with van der Waals surface area (Å²) in [6.07, 6.45) is 0.778. The fourth-order valence-electron chi connectivity index (χ4n) is 4.12. The van der Waals surface area contributed by atoms with Gasteiger partial charge in [0.2, 0.25) is 0 Å². The number of nitrogens with zero attached hydrogens (tertiary/aromatic N) is 2. The minimum Gasteiger partial charge on any atom is -0.305 e. The highest BCUT2D eigenvalue weighted by Gasteiger charge is 2.34. The molecule has 1 N–H and O–H groups in total. The zero-order valence-electron chi connectivity index (χ0n) is 19.0. The molecule has 33 heavy (non-hydrogen) atoms. The van der Waals surface area contributed by atoms with Gasteiger partial charge in [-0.3, -0.25) is 0 Å². The van der Waals surface area contributed by atoms with E-state index in [9.17, 15) is 10.5 Å². The monoisotopic (exact) mass is 519 g/mol. The summed E-state index contributed by atoms with van der Waals surface area (Å²) in [5.41, 5.74) is 3.34. The van der Waals surface area contributed by atoms with E-state index in [-0.39, 0.29) is 18.0 Å². The van der Waals surface area contributed by atoms with E-state index in [1.807, 2.05) is 68.4 Å². The normalized spacial score (nSPS) is 14.0. The van der Waals surface area contributed by atoms with Crippen LogP contribution in [0.2, 0.25) is 5.02 Å². The number of nitrogens with one attached hydrogen (secondary N) is 1. The van der Waals surface area contributed by atoms with Crippen molar-refractivity contribution in [2.24, 2.45) is 5.41 Å². The predicted molar refractivity (Wildman–Crippen MR) is 138 cm³/mol. The molecule has 0 spiro atoms. The first-order valence-corrected chi connectivity index (χ1v) is 12.1. The SMILES string of the molecule is CC(N[C@@H](c1ccc(Br)cc1)C(C)(C)C#N)C(Cc1ccc(Cl)cc1)c1cccc(C#N)c1. The van der Waals surface area contributed by atoms with Gasteiger partial charge in [-0.25, -0.2) is 0 Å². The van der Waals surface area contributed by atoms with Crippen LogP contribution in [0.15, 0.2) is 77.3 Å². The van der Waals surface area contributed by atoms with Crippen molar-refractivity contribution in [1.29, 1.82) is 10.5 Å². The molecule has 5 heteroatoms. The van der Waals surface area contributed by atoms with Gasteiger partial charge in [-0.1, -0.05) is 63.9 Å². The molecule has 0 aliphatic heterocycles. The molecule has 0 saturated heterocycles. The fourth-order valence-corrected chi connectivity index (χ4v) is 4.51. The van der Waals surface area contributed by atoms with Crippen LogP contribution in [0, 0.1) is 28.1 Å². The van der Waals surface area contributed by atoms with Crippen LogP contribution >= 0.6 is 27.5 Å². The Morgan fingerprint density at radius 3 is 2.24 bits per heavy atom. The molecule has 0 fully saturated rings. The lowest BCUT2D eigenvalue weighted by Gasteiger charge is -2.35. The standard InChI is InChI=1S/C28H27BrClN3/c1-19(33-27(28(2,3)18-32)22-9-11-24(29)12-10-22)26(16-20-7-13-25(30)14-8-20)23-6-4-5-21(15-23)17-31/h4-15,19,26-27,33H,16H2,1-3H3/t19?,26?,27-/m0/s1. The first-order valence-electron chi connectivity index (χ1n) is 10.9. The molecule has 0 aliphatic carbocycles. The van der Waals surface area contributed by atoms with Crippen molar-refractivity contribution in [2.45, 2.75) is 45.2 Å². The average Bonchev–Trinajstić information content (AvgIpc) is 2.82. The molecule has 3 aromatic carbocycles. The van der Waals surface area contributed by atoms with Crippen molar-refractivity contribution in [1.82, 2.24) is 5.32 Å². The van der Waals surface area contributed by atoms with E-state index in [0.717, 1.165) is 22.0 Å². The summed E-state index contributed by atoms with van der Waals surface area (Å²) >= 11 is 9.60. The second kappa shape index (κ2) is 11.0. The average molecular weight is 521 g/mol. The Kier molecular flexibility index (Phi) is 8.33. The molecule has 3 nitrogen and oxygen atoms in total. The predicted octanol–water partition coefficient (Wildman–Crippen LogP) is 7.57. The van der Waals surface area contributed by atoms with E-state index in [1.54, 1.807) is 0 Å². The lowest BCUT2D eigenvalue weighted by molar-refractivity contribution is 0.281. The van der Waals surface area contributed by atoms with Crippen molar-refractivity contribution < 1.29 is 0 Å². The molecule has 0 aromatic heterocycles. The van der Waals surface area contributed by atoms with Crippen LogP contribution < -0.4 is 5.32 Å². The highest BCUT2D eigenvalue weighted by Crippen LogP contribution is 2.36. The van der Waals surface area contributed by atoms with Gasteiger partial charge in [0, 0.05) is 21.5 Å². The Balaban J connectivity index is 1.98. The van der Waals surface area contributed by atoms with Gasteiger partial charge < -0.3 is 5.32 Å². The van der Waals surface area contributed by atoms with Gasteiger partial charge in [-0.05, 0) is 80.3 Å². The van der Waals surface area contributed by atoms with Crippen molar-refractivity contribution in [3.05, 3.63) is 105 Å². The summed E-state index contributed by atoms with van der Waals surface area (Å²) in [5, 5.41) is 23.8. The highest BCUT2D eigenvalue weighted by atomic mass is 79.9. The van der Waals surface area contributed by atoms with Crippen LogP contribution in [0.3, 0.4) is 0 Å². The largest absolute Gasteiger partial charge is 0.305 e. The lowest BCUT2D eigenvalue weighted by atomic mass is 9.79. The number of halogens is 2. The summed E-state index contributed by atoms with van der Waals surface area (Å²) in [5.74, 6) is 0.0897. The van der Waals surface area contributed by atoms with Gasteiger partial charge in [0.05, 0.1) is 29.2 Å². The van der Waals surface area contributed by atoms with E-state index < -0.39 is 5.41 Å². The molecule has 3 rings (SSSR count). The summed E-state index contributed by atoms with van der Waals surface area (Å²) in [6.45, 7) is 6.08. The molecule has 0 heterocycles. The zero-order valence-corrected chi connectivity index (χ0v) is 21.4. The molecule has 2 unspecified atom stereocenters. The van der Waals surface area contributed by atoms with Crippen molar-refractivity contribution in [3.8, 4) is 12.1 Å². The van der Waals surface area contributed by atoms with E-state index >= 15 is 0 Å². The number of rotatable bonds is 8. The van der Waals surface area contributed by atoms with Crippen LogP contribution in [0.5, 0.6) is 0 Å². The van der Waals surface area contributed by atoms with Crippen LogP contribution in [0.25, 0.3) is 0 Å². The molecule has 0 radical (unpaired) electrons. The third-order valence-electron chi connectivity index (χ3n) is 6.06. The maximum absolute atomic E-state index is 9.93. The Morgan fingerprint density at radius 2 is 1.64 bits per heavy atom. The third kappa shape index (κ3) is 6.46. The van der Waals surface area contributed by atoms with Gasteiger partial charge >= 0.3 is 0 Å². The van der Waals surface area contributed by atoms with Gasteiger partial charge in [0.25, 0.3) is 0 Å². The van der Waals surface area contributed by atoms with Crippen molar-refractivity contribution in [3.63, 3.8) is 0 Å². The van der Waals surface area contributed by atoms with Crippen LogP contribution in [-0.2, 0) is 6.42 Å². The molecule has 0 bridgehead atoms. The summed E-state index contributed by atoms with van der Waals surface area (Å²) < 4.78 is 1.00. The lowest BCUT2D eigenvalue weighted by Crippen LogP contribution is -2.42. The molecule has 3 aromatic rings. The Morgan fingerprint density at radius 1 is 0.970 bits per heavy atom. The smallest absolute Gasteiger partial charge is 0.0991 e. The van der Waals surface area contributed by atoms with Crippen molar-refractivity contribution in [2.75, 3.05) is 0 Å².